The largest absolute Gasteiger partial charge is 0.354 e. The van der Waals surface area contributed by atoms with Crippen molar-refractivity contribution in [2.45, 2.75) is 38.6 Å². The Kier molecular flexibility index (Phi) is 5.46. The standard InChI is InChI=1S/C20H27N7O2/c1-13(2)24-18(28)15-12-27(19(29)17-21-7-8-22-17)11-14(15)16-5-6-23-20(25-16)26-9-3-4-10-26/h5-8,13-15H,3-4,9-12H2,1-2H3,(H,21,22)(H,24,28)/t14-,15-/m1/s1. The summed E-state index contributed by atoms with van der Waals surface area (Å²) in [5, 5.41) is 2.99. The van der Waals surface area contributed by atoms with Crippen LogP contribution < -0.4 is 10.2 Å². The molecule has 29 heavy (non-hydrogen) atoms. The van der Waals surface area contributed by atoms with Gasteiger partial charge in [-0.3, -0.25) is 9.59 Å². The topological polar surface area (TPSA) is 107 Å². The van der Waals surface area contributed by atoms with Gasteiger partial charge in [-0.2, -0.15) is 0 Å². The molecule has 4 heterocycles. The maximum atomic E-state index is 12.9. The van der Waals surface area contributed by atoms with Crippen LogP contribution in [0, 0.1) is 5.92 Å². The van der Waals surface area contributed by atoms with Gasteiger partial charge >= 0.3 is 0 Å². The summed E-state index contributed by atoms with van der Waals surface area (Å²) >= 11 is 0. The van der Waals surface area contributed by atoms with Crippen LogP contribution in [0.1, 0.15) is 48.9 Å². The van der Waals surface area contributed by atoms with Crippen LogP contribution >= 0.6 is 0 Å². The number of rotatable bonds is 5. The molecule has 2 amide bonds. The van der Waals surface area contributed by atoms with Crippen molar-refractivity contribution in [3.05, 3.63) is 36.2 Å². The van der Waals surface area contributed by atoms with Gasteiger partial charge in [0.25, 0.3) is 5.91 Å². The van der Waals surface area contributed by atoms with E-state index in [1.165, 1.54) is 0 Å². The number of hydrogen-bond donors (Lipinski definition) is 2. The molecule has 0 aromatic carbocycles. The van der Waals surface area contributed by atoms with Gasteiger partial charge in [-0.15, -0.1) is 0 Å². The van der Waals surface area contributed by atoms with Crippen molar-refractivity contribution < 1.29 is 9.59 Å². The van der Waals surface area contributed by atoms with Crippen LogP contribution in [0.25, 0.3) is 0 Å². The van der Waals surface area contributed by atoms with Crippen molar-refractivity contribution in [1.29, 1.82) is 0 Å². The Morgan fingerprint density at radius 2 is 1.97 bits per heavy atom. The SMILES string of the molecule is CC(C)NC(=O)[C@@H]1CN(C(=O)c2ncc[nH]2)C[C@H]1c1ccnc(N2CCCC2)n1. The van der Waals surface area contributed by atoms with E-state index >= 15 is 0 Å². The molecule has 9 nitrogen and oxygen atoms in total. The molecule has 4 rings (SSSR count). The number of carbonyl (C=O) groups is 2. The van der Waals surface area contributed by atoms with Gasteiger partial charge in [0.05, 0.1) is 11.6 Å². The zero-order valence-corrected chi connectivity index (χ0v) is 16.8. The Bertz CT molecular complexity index is 861. The summed E-state index contributed by atoms with van der Waals surface area (Å²) in [7, 11) is 0. The first-order valence-electron chi connectivity index (χ1n) is 10.2. The van der Waals surface area contributed by atoms with E-state index in [9.17, 15) is 9.59 Å². The fourth-order valence-corrected chi connectivity index (χ4v) is 4.10. The summed E-state index contributed by atoms with van der Waals surface area (Å²) in [6.07, 6.45) is 7.21. The summed E-state index contributed by atoms with van der Waals surface area (Å²) in [5.41, 5.74) is 0.806. The Morgan fingerprint density at radius 3 is 2.66 bits per heavy atom. The molecule has 2 saturated heterocycles. The predicted molar refractivity (Wildman–Crippen MR) is 107 cm³/mol. The molecule has 2 aliphatic rings. The van der Waals surface area contributed by atoms with Crippen LogP contribution in [0.15, 0.2) is 24.7 Å². The minimum atomic E-state index is -0.363. The zero-order valence-electron chi connectivity index (χ0n) is 16.8. The van der Waals surface area contributed by atoms with Crippen molar-refractivity contribution in [3.8, 4) is 0 Å². The highest BCUT2D eigenvalue weighted by atomic mass is 16.2. The van der Waals surface area contributed by atoms with Gasteiger partial charge in [-0.1, -0.05) is 0 Å². The lowest BCUT2D eigenvalue weighted by Gasteiger charge is -2.21. The lowest BCUT2D eigenvalue weighted by molar-refractivity contribution is -0.125. The molecule has 154 valence electrons. The van der Waals surface area contributed by atoms with Gasteiger partial charge in [-0.05, 0) is 32.8 Å². The van der Waals surface area contributed by atoms with Crippen LogP contribution in [-0.4, -0.2) is 68.9 Å². The monoisotopic (exact) mass is 397 g/mol. The normalized spacial score (nSPS) is 21.8. The first kappa shape index (κ1) is 19.4. The van der Waals surface area contributed by atoms with Crippen molar-refractivity contribution in [1.82, 2.24) is 30.2 Å². The molecule has 2 aromatic rings. The molecule has 0 bridgehead atoms. The zero-order chi connectivity index (χ0) is 20.4. The van der Waals surface area contributed by atoms with Crippen molar-refractivity contribution in [2.75, 3.05) is 31.1 Å². The van der Waals surface area contributed by atoms with Crippen molar-refractivity contribution in [3.63, 3.8) is 0 Å². The highest BCUT2D eigenvalue weighted by Gasteiger charge is 2.42. The maximum absolute atomic E-state index is 12.9. The van der Waals surface area contributed by atoms with E-state index in [0.29, 0.717) is 19.0 Å². The molecule has 9 heteroatoms. The number of likely N-dealkylation sites (tertiary alicyclic amines) is 1. The second-order valence-electron chi connectivity index (χ2n) is 8.00. The third-order valence-electron chi connectivity index (χ3n) is 5.51. The second kappa shape index (κ2) is 8.18. The average Bonchev–Trinajstić information content (AvgIpc) is 3.49. The molecule has 2 aliphatic heterocycles. The second-order valence-corrected chi connectivity index (χ2v) is 8.00. The number of carbonyl (C=O) groups excluding carboxylic acids is 2. The molecule has 2 aromatic heterocycles. The van der Waals surface area contributed by atoms with E-state index in [2.05, 4.69) is 25.2 Å². The molecule has 2 N–H and O–H groups in total. The minimum Gasteiger partial charge on any atom is -0.354 e. The molecule has 0 aliphatic carbocycles. The Morgan fingerprint density at radius 1 is 1.17 bits per heavy atom. The number of nitrogens with one attached hydrogen (secondary N) is 2. The van der Waals surface area contributed by atoms with Crippen molar-refractivity contribution in [2.24, 2.45) is 5.92 Å². The van der Waals surface area contributed by atoms with Crippen LogP contribution in [0.2, 0.25) is 0 Å². The smallest absolute Gasteiger partial charge is 0.289 e. The van der Waals surface area contributed by atoms with E-state index in [-0.39, 0.29) is 35.5 Å². The fourth-order valence-electron chi connectivity index (χ4n) is 4.10. The molecular weight excluding hydrogens is 370 g/mol. The molecule has 0 radical (unpaired) electrons. The maximum Gasteiger partial charge on any atom is 0.289 e. The summed E-state index contributed by atoms with van der Waals surface area (Å²) < 4.78 is 0. The Hall–Kier alpha value is -2.97. The third-order valence-corrected chi connectivity index (χ3v) is 5.51. The number of nitrogens with zero attached hydrogens (tertiary/aromatic N) is 5. The van der Waals surface area contributed by atoms with Gasteiger partial charge in [0.2, 0.25) is 11.9 Å². The van der Waals surface area contributed by atoms with Gasteiger partial charge < -0.3 is 20.1 Å². The van der Waals surface area contributed by atoms with Crippen LogP contribution in [0.3, 0.4) is 0 Å². The van der Waals surface area contributed by atoms with Gasteiger partial charge in [0.15, 0.2) is 5.82 Å². The average molecular weight is 397 g/mol. The number of imidazole rings is 1. The van der Waals surface area contributed by atoms with Gasteiger partial charge in [0, 0.05) is 56.7 Å². The van der Waals surface area contributed by atoms with Crippen LogP contribution in [0.5, 0.6) is 0 Å². The molecular formula is C20H27N7O2. The van der Waals surface area contributed by atoms with E-state index in [4.69, 9.17) is 4.98 Å². The highest BCUT2D eigenvalue weighted by Crippen LogP contribution is 2.33. The summed E-state index contributed by atoms with van der Waals surface area (Å²) in [6.45, 7) is 6.54. The van der Waals surface area contributed by atoms with E-state index in [0.717, 1.165) is 31.6 Å². The minimum absolute atomic E-state index is 0.0311. The molecule has 0 unspecified atom stereocenters. The Balaban J connectivity index is 1.60. The highest BCUT2D eigenvalue weighted by molar-refractivity contribution is 5.92. The number of H-pyrrole nitrogens is 1. The lowest BCUT2D eigenvalue weighted by Crippen LogP contribution is -2.39. The number of hydrogen-bond acceptors (Lipinski definition) is 6. The third kappa shape index (κ3) is 4.08. The van der Waals surface area contributed by atoms with Crippen LogP contribution in [-0.2, 0) is 4.79 Å². The molecule has 0 saturated carbocycles. The number of aromatic amines is 1. The first-order chi connectivity index (χ1) is 14.0. The van der Waals surface area contributed by atoms with E-state index in [1.807, 2.05) is 19.9 Å². The quantitative estimate of drug-likeness (QED) is 0.785. The lowest BCUT2D eigenvalue weighted by atomic mass is 9.91. The van der Waals surface area contributed by atoms with E-state index in [1.54, 1.807) is 23.5 Å². The molecule has 2 atom stereocenters. The number of aromatic nitrogens is 4. The summed E-state index contributed by atoms with van der Waals surface area (Å²) in [5.74, 6) is 0.192. The fraction of sp³-hybridized carbons (Fsp3) is 0.550. The predicted octanol–water partition coefficient (Wildman–Crippen LogP) is 1.18. The van der Waals surface area contributed by atoms with Gasteiger partial charge in [-0.25, -0.2) is 15.0 Å². The molecule has 2 fully saturated rings. The first-order valence-corrected chi connectivity index (χ1v) is 10.2. The van der Waals surface area contributed by atoms with Gasteiger partial charge in [0.1, 0.15) is 0 Å². The summed E-state index contributed by atoms with van der Waals surface area (Å²) in [4.78, 5) is 45.7. The van der Waals surface area contributed by atoms with E-state index < -0.39 is 0 Å². The van der Waals surface area contributed by atoms with Crippen LogP contribution in [0.4, 0.5) is 5.95 Å². The number of amides is 2. The van der Waals surface area contributed by atoms with Crippen molar-refractivity contribution >= 4 is 17.8 Å². The Labute approximate surface area is 169 Å². The number of anilines is 1. The molecule has 0 spiro atoms. The summed E-state index contributed by atoms with van der Waals surface area (Å²) in [6, 6.07) is 1.89.